The highest BCUT2D eigenvalue weighted by Gasteiger charge is 2.60. The summed E-state index contributed by atoms with van der Waals surface area (Å²) in [4.78, 5) is 48.3. The lowest BCUT2D eigenvalue weighted by Gasteiger charge is -2.61. The van der Waals surface area contributed by atoms with Crippen molar-refractivity contribution in [3.05, 3.63) is 0 Å². The topological polar surface area (TPSA) is 98.8 Å². The molecule has 4 aliphatic rings. The fraction of sp³-hybridized carbons (Fsp3) is 0.871. The molecule has 213 valence electrons. The number of amides is 1. The fourth-order valence-corrected chi connectivity index (χ4v) is 9.11. The monoisotopic (exact) mass is 530 g/mol. The van der Waals surface area contributed by atoms with E-state index in [9.17, 15) is 19.2 Å². The number of hydrogen-bond acceptors (Lipinski definition) is 6. The first-order valence-electron chi connectivity index (χ1n) is 14.8. The summed E-state index contributed by atoms with van der Waals surface area (Å²) >= 11 is 0. The average molecular weight is 531 g/mol. The van der Waals surface area contributed by atoms with Crippen molar-refractivity contribution in [3.8, 4) is 0 Å². The first-order valence-corrected chi connectivity index (χ1v) is 14.8. The quantitative estimate of drug-likeness (QED) is 0.410. The number of alkyl carbamates (subject to hydrolysis) is 1. The average Bonchev–Trinajstić information content (AvgIpc) is 3.18. The lowest BCUT2D eigenvalue weighted by molar-refractivity contribution is -0.163. The number of hydrogen-bond donors (Lipinski definition) is 1. The van der Waals surface area contributed by atoms with Crippen LogP contribution in [0.2, 0.25) is 0 Å². The third-order valence-electron chi connectivity index (χ3n) is 10.9. The van der Waals surface area contributed by atoms with Gasteiger partial charge in [0.1, 0.15) is 17.5 Å². The van der Waals surface area contributed by atoms with Gasteiger partial charge in [-0.25, -0.2) is 4.79 Å². The van der Waals surface area contributed by atoms with Crippen molar-refractivity contribution < 1.29 is 28.7 Å². The lowest BCUT2D eigenvalue weighted by Crippen LogP contribution is -2.54. The van der Waals surface area contributed by atoms with E-state index < -0.39 is 17.7 Å². The number of ketones is 1. The Morgan fingerprint density at radius 1 is 0.974 bits per heavy atom. The van der Waals surface area contributed by atoms with Crippen molar-refractivity contribution in [2.75, 3.05) is 0 Å². The van der Waals surface area contributed by atoms with Crippen molar-refractivity contribution in [2.45, 2.75) is 130 Å². The second kappa shape index (κ2) is 10.9. The lowest BCUT2D eigenvalue weighted by atomic mass is 9.44. The van der Waals surface area contributed by atoms with Crippen LogP contribution in [0, 0.1) is 40.4 Å². The highest BCUT2D eigenvalue weighted by Crippen LogP contribution is 2.67. The molecule has 3 unspecified atom stereocenters. The van der Waals surface area contributed by atoms with Crippen LogP contribution in [-0.2, 0) is 23.9 Å². The molecule has 0 spiro atoms. The van der Waals surface area contributed by atoms with Gasteiger partial charge >= 0.3 is 12.1 Å². The Kier molecular flexibility index (Phi) is 8.36. The van der Waals surface area contributed by atoms with Gasteiger partial charge in [0.2, 0.25) is 6.29 Å². The number of rotatable bonds is 7. The minimum Gasteiger partial charge on any atom is -0.462 e. The van der Waals surface area contributed by atoms with Crippen LogP contribution in [-0.4, -0.2) is 41.9 Å². The number of carbonyl (C=O) groups is 3. The van der Waals surface area contributed by atoms with Crippen LogP contribution in [0.5, 0.6) is 0 Å². The van der Waals surface area contributed by atoms with Crippen LogP contribution >= 0.6 is 0 Å². The highest BCUT2D eigenvalue weighted by molar-refractivity contribution is 5.79. The molecule has 0 saturated heterocycles. The van der Waals surface area contributed by atoms with Crippen LogP contribution < -0.4 is 5.32 Å². The zero-order valence-electron chi connectivity index (χ0n) is 24.3. The van der Waals surface area contributed by atoms with Crippen LogP contribution in [0.25, 0.3) is 0 Å². The van der Waals surface area contributed by atoms with Crippen molar-refractivity contribution in [1.29, 1.82) is 0 Å². The van der Waals surface area contributed by atoms with Crippen LogP contribution in [0.15, 0.2) is 0 Å². The first kappa shape index (κ1) is 29.1. The molecule has 4 fully saturated rings. The zero-order valence-corrected chi connectivity index (χ0v) is 24.3. The van der Waals surface area contributed by atoms with Gasteiger partial charge in [0.15, 0.2) is 0 Å². The summed E-state index contributed by atoms with van der Waals surface area (Å²) in [5.41, 5.74) is -0.217. The number of Topliss-reactive ketones (excluding diaryl/α,β-unsaturated/α-hetero) is 1. The first-order chi connectivity index (χ1) is 17.8. The molecule has 0 aromatic carbocycles. The molecule has 0 aromatic heterocycles. The number of esters is 1. The molecular weight excluding hydrogens is 482 g/mol. The maximum Gasteiger partial charge on any atom is 0.408 e. The van der Waals surface area contributed by atoms with Crippen molar-refractivity contribution >= 4 is 24.1 Å². The largest absolute Gasteiger partial charge is 0.462 e. The van der Waals surface area contributed by atoms with Gasteiger partial charge in [-0.05, 0) is 126 Å². The Morgan fingerprint density at radius 2 is 1.66 bits per heavy atom. The SMILES string of the molecule is CC(=O)[C@H]1CCC2C3CC[C@@H]4C[C@H](OC(=O)CC[C@@H]([C]=O)NC(=O)OC(C)(C)C)CC[C@]4(C)C3CC[C@@]21C. The van der Waals surface area contributed by atoms with Crippen LogP contribution in [0.3, 0.4) is 0 Å². The van der Waals surface area contributed by atoms with Crippen molar-refractivity contribution in [3.63, 3.8) is 0 Å². The van der Waals surface area contributed by atoms with E-state index in [1.807, 2.05) is 0 Å². The number of carbonyl (C=O) groups excluding carboxylic acids is 4. The summed E-state index contributed by atoms with van der Waals surface area (Å²) in [6, 6.07) is -0.905. The van der Waals surface area contributed by atoms with E-state index in [0.717, 1.165) is 32.1 Å². The molecule has 7 heteroatoms. The minimum absolute atomic E-state index is 0.0520. The predicted molar refractivity (Wildman–Crippen MR) is 144 cm³/mol. The van der Waals surface area contributed by atoms with Crippen LogP contribution in [0.1, 0.15) is 112 Å². The van der Waals surface area contributed by atoms with Crippen molar-refractivity contribution in [2.24, 2.45) is 40.4 Å². The third-order valence-corrected chi connectivity index (χ3v) is 10.9. The summed E-state index contributed by atoms with van der Waals surface area (Å²) in [6.45, 7) is 11.9. The third kappa shape index (κ3) is 5.82. The molecule has 1 radical (unpaired) electrons. The molecule has 0 bridgehead atoms. The van der Waals surface area contributed by atoms with Crippen LogP contribution in [0.4, 0.5) is 4.79 Å². The maximum atomic E-state index is 12.6. The summed E-state index contributed by atoms with van der Waals surface area (Å²) in [6.07, 6.45) is 11.1. The standard InChI is InChI=1S/C31H48NO6/c1-19(34)24-10-11-25-23-9-7-20-17-22(13-15-30(20,5)26(23)14-16-31(24,25)6)37-27(35)12-8-21(18-33)32-28(36)38-29(2,3)4/h20-26H,7-17H2,1-6H3,(H,32,36)/t20-,21+,22-,23?,24-,25?,26?,30+,31-/m1/s1. The van der Waals surface area contributed by atoms with E-state index in [-0.39, 0.29) is 41.7 Å². The van der Waals surface area contributed by atoms with E-state index >= 15 is 0 Å². The smallest absolute Gasteiger partial charge is 0.408 e. The van der Waals surface area contributed by atoms with Gasteiger partial charge in [-0.1, -0.05) is 13.8 Å². The van der Waals surface area contributed by atoms with E-state index in [1.54, 1.807) is 34.0 Å². The summed E-state index contributed by atoms with van der Waals surface area (Å²) < 4.78 is 11.1. The predicted octanol–water partition coefficient (Wildman–Crippen LogP) is 5.93. The van der Waals surface area contributed by atoms with E-state index in [4.69, 9.17) is 9.47 Å². The Balaban J connectivity index is 1.29. The molecule has 9 atom stereocenters. The molecule has 4 aliphatic carbocycles. The molecule has 4 rings (SSSR count). The summed E-state index contributed by atoms with van der Waals surface area (Å²) in [5, 5.41) is 2.47. The minimum atomic E-state index is -0.905. The maximum absolute atomic E-state index is 12.6. The Hall–Kier alpha value is -1.92. The van der Waals surface area contributed by atoms with E-state index in [1.165, 1.54) is 25.7 Å². The molecule has 0 heterocycles. The van der Waals surface area contributed by atoms with Crippen molar-refractivity contribution in [1.82, 2.24) is 5.32 Å². The molecule has 4 saturated carbocycles. The molecule has 7 nitrogen and oxygen atoms in total. The van der Waals surface area contributed by atoms with Gasteiger partial charge in [0.05, 0.1) is 6.04 Å². The van der Waals surface area contributed by atoms with Gasteiger partial charge in [-0.2, -0.15) is 0 Å². The Bertz CT molecular complexity index is 926. The molecule has 1 N–H and O–H groups in total. The van der Waals surface area contributed by atoms with Gasteiger partial charge in [-0.15, -0.1) is 0 Å². The summed E-state index contributed by atoms with van der Waals surface area (Å²) in [5.74, 6) is 2.93. The van der Waals surface area contributed by atoms with Gasteiger partial charge in [0, 0.05) is 12.3 Å². The van der Waals surface area contributed by atoms with Gasteiger partial charge < -0.3 is 14.8 Å². The summed E-state index contributed by atoms with van der Waals surface area (Å²) in [7, 11) is 0. The highest BCUT2D eigenvalue weighted by atomic mass is 16.6. The Labute approximate surface area is 228 Å². The second-order valence-electron chi connectivity index (χ2n) is 14.2. The molecule has 0 aromatic rings. The Morgan fingerprint density at radius 3 is 2.32 bits per heavy atom. The number of nitrogens with one attached hydrogen (secondary N) is 1. The second-order valence-corrected chi connectivity index (χ2v) is 14.2. The zero-order chi connectivity index (χ0) is 27.9. The van der Waals surface area contributed by atoms with Gasteiger partial charge in [-0.3, -0.25) is 14.4 Å². The molecule has 38 heavy (non-hydrogen) atoms. The van der Waals surface area contributed by atoms with E-state index in [0.29, 0.717) is 29.5 Å². The molecule has 1 amide bonds. The normalized spacial score (nSPS) is 39.1. The molecular formula is C31H48NO6. The van der Waals surface area contributed by atoms with Gasteiger partial charge in [0.25, 0.3) is 0 Å². The fourth-order valence-electron chi connectivity index (χ4n) is 9.11. The molecule has 0 aliphatic heterocycles. The number of fused-ring (bicyclic) bond motifs is 5. The number of ether oxygens (including phenoxy) is 2. The van der Waals surface area contributed by atoms with E-state index in [2.05, 4.69) is 19.2 Å².